The van der Waals surface area contributed by atoms with E-state index in [4.69, 9.17) is 9.26 Å². The van der Waals surface area contributed by atoms with Crippen LogP contribution in [0.4, 0.5) is 0 Å². The van der Waals surface area contributed by atoms with Gasteiger partial charge in [-0.3, -0.25) is 14.7 Å². The lowest BCUT2D eigenvalue weighted by Crippen LogP contribution is -2.37. The van der Waals surface area contributed by atoms with Crippen molar-refractivity contribution in [3.05, 3.63) is 36.2 Å². The largest absolute Gasteiger partial charge is 0.482 e. The van der Waals surface area contributed by atoms with Gasteiger partial charge in [0.2, 0.25) is 5.89 Å². The fraction of sp³-hybridized carbons (Fsp3) is 0.556. The molecule has 1 fully saturated rings. The van der Waals surface area contributed by atoms with E-state index in [-0.39, 0.29) is 12.5 Å². The number of hydrogen-bond donors (Lipinski definition) is 0. The standard InChI is InChI=1S/C18H25N5O3/c1-14-20-17(21-26-14)12-22(2)15-5-4-9-23(10-7-15)18(24)13-25-16-6-3-8-19-11-16/h3,6,8,11,15H,4-5,7,9-10,12-13H2,1-2H3/t15-/m0/s1. The Hall–Kier alpha value is -2.48. The fourth-order valence-corrected chi connectivity index (χ4v) is 3.20. The molecule has 3 rings (SSSR count). The number of nitrogens with zero attached hydrogens (tertiary/aromatic N) is 5. The van der Waals surface area contributed by atoms with Crippen molar-refractivity contribution in [1.82, 2.24) is 24.9 Å². The molecule has 0 saturated carbocycles. The summed E-state index contributed by atoms with van der Waals surface area (Å²) in [7, 11) is 2.07. The highest BCUT2D eigenvalue weighted by molar-refractivity contribution is 5.77. The molecule has 0 radical (unpaired) electrons. The average Bonchev–Trinajstić information content (AvgIpc) is 2.91. The summed E-state index contributed by atoms with van der Waals surface area (Å²) in [6.07, 6.45) is 6.22. The van der Waals surface area contributed by atoms with E-state index in [2.05, 4.69) is 27.1 Å². The van der Waals surface area contributed by atoms with Crippen molar-refractivity contribution in [3.8, 4) is 5.75 Å². The molecule has 3 heterocycles. The molecule has 2 aromatic heterocycles. The first-order valence-corrected chi connectivity index (χ1v) is 8.92. The van der Waals surface area contributed by atoms with Crippen LogP contribution in [-0.2, 0) is 11.3 Å². The maximum Gasteiger partial charge on any atom is 0.260 e. The van der Waals surface area contributed by atoms with Crippen LogP contribution < -0.4 is 4.74 Å². The topological polar surface area (TPSA) is 84.6 Å². The SMILES string of the molecule is Cc1nc(CN(C)[C@H]2CCCN(C(=O)COc3cccnc3)CC2)no1. The van der Waals surface area contributed by atoms with Crippen LogP contribution >= 0.6 is 0 Å². The molecule has 8 nitrogen and oxygen atoms in total. The summed E-state index contributed by atoms with van der Waals surface area (Å²) in [5, 5.41) is 3.96. The molecule has 0 bridgehead atoms. The van der Waals surface area contributed by atoms with Crippen molar-refractivity contribution in [2.75, 3.05) is 26.7 Å². The maximum absolute atomic E-state index is 12.4. The second-order valence-electron chi connectivity index (χ2n) is 6.59. The predicted octanol–water partition coefficient (Wildman–Crippen LogP) is 1.66. The van der Waals surface area contributed by atoms with Crippen LogP contribution in [0.15, 0.2) is 29.0 Å². The third-order valence-corrected chi connectivity index (χ3v) is 4.63. The van der Waals surface area contributed by atoms with Crippen LogP contribution in [0.25, 0.3) is 0 Å². The fourth-order valence-electron chi connectivity index (χ4n) is 3.20. The number of carbonyl (C=O) groups is 1. The van der Waals surface area contributed by atoms with E-state index in [1.165, 1.54) is 0 Å². The summed E-state index contributed by atoms with van der Waals surface area (Å²) in [6.45, 7) is 3.99. The van der Waals surface area contributed by atoms with Crippen LogP contribution in [0.2, 0.25) is 0 Å². The van der Waals surface area contributed by atoms with Crippen LogP contribution in [0, 0.1) is 6.92 Å². The lowest BCUT2D eigenvalue weighted by atomic mass is 10.1. The Labute approximate surface area is 153 Å². The number of hydrogen-bond acceptors (Lipinski definition) is 7. The molecule has 0 spiro atoms. The zero-order valence-corrected chi connectivity index (χ0v) is 15.3. The van der Waals surface area contributed by atoms with Crippen molar-refractivity contribution in [2.24, 2.45) is 0 Å². The molecule has 2 aromatic rings. The first kappa shape index (κ1) is 18.3. The Balaban J connectivity index is 1.47. The normalized spacial score (nSPS) is 18.0. The molecule has 0 unspecified atom stereocenters. The maximum atomic E-state index is 12.4. The molecule has 1 atom stereocenters. The van der Waals surface area contributed by atoms with Gasteiger partial charge in [-0.05, 0) is 38.4 Å². The van der Waals surface area contributed by atoms with Gasteiger partial charge >= 0.3 is 0 Å². The first-order chi connectivity index (χ1) is 12.6. The molecule has 26 heavy (non-hydrogen) atoms. The van der Waals surface area contributed by atoms with E-state index < -0.39 is 0 Å². The van der Waals surface area contributed by atoms with Gasteiger partial charge in [0.25, 0.3) is 5.91 Å². The average molecular weight is 359 g/mol. The Morgan fingerprint density at radius 3 is 3.04 bits per heavy atom. The second-order valence-corrected chi connectivity index (χ2v) is 6.59. The number of pyridine rings is 1. The molecule has 140 valence electrons. The minimum Gasteiger partial charge on any atom is -0.482 e. The van der Waals surface area contributed by atoms with Gasteiger partial charge in [0, 0.05) is 32.3 Å². The van der Waals surface area contributed by atoms with E-state index in [0.717, 1.165) is 32.4 Å². The summed E-state index contributed by atoms with van der Waals surface area (Å²) in [4.78, 5) is 24.8. The Morgan fingerprint density at radius 1 is 1.42 bits per heavy atom. The molecule has 8 heteroatoms. The summed E-state index contributed by atoms with van der Waals surface area (Å²) in [5.41, 5.74) is 0. The monoisotopic (exact) mass is 359 g/mol. The minimum atomic E-state index is 0.0194. The van der Waals surface area contributed by atoms with E-state index in [1.807, 2.05) is 4.90 Å². The highest BCUT2D eigenvalue weighted by Crippen LogP contribution is 2.18. The highest BCUT2D eigenvalue weighted by atomic mass is 16.5. The smallest absolute Gasteiger partial charge is 0.260 e. The molecule has 0 N–H and O–H groups in total. The van der Waals surface area contributed by atoms with Crippen molar-refractivity contribution in [3.63, 3.8) is 0 Å². The number of rotatable bonds is 6. The lowest BCUT2D eigenvalue weighted by Gasteiger charge is -2.26. The van der Waals surface area contributed by atoms with Crippen LogP contribution in [0.1, 0.15) is 31.0 Å². The van der Waals surface area contributed by atoms with Crippen molar-refractivity contribution < 1.29 is 14.1 Å². The number of amides is 1. The van der Waals surface area contributed by atoms with Gasteiger partial charge < -0.3 is 14.2 Å². The van der Waals surface area contributed by atoms with E-state index >= 15 is 0 Å². The molecule has 0 aliphatic carbocycles. The van der Waals surface area contributed by atoms with E-state index in [9.17, 15) is 4.79 Å². The van der Waals surface area contributed by atoms with Crippen LogP contribution in [0.5, 0.6) is 5.75 Å². The van der Waals surface area contributed by atoms with E-state index in [1.54, 1.807) is 31.5 Å². The molecule has 1 aliphatic rings. The molecule has 0 aromatic carbocycles. The Bertz CT molecular complexity index is 706. The van der Waals surface area contributed by atoms with Gasteiger partial charge in [-0.2, -0.15) is 4.98 Å². The van der Waals surface area contributed by atoms with Crippen molar-refractivity contribution >= 4 is 5.91 Å². The first-order valence-electron chi connectivity index (χ1n) is 8.92. The van der Waals surface area contributed by atoms with Gasteiger partial charge in [-0.25, -0.2) is 0 Å². The van der Waals surface area contributed by atoms with Gasteiger partial charge in [0.15, 0.2) is 12.4 Å². The van der Waals surface area contributed by atoms with Gasteiger partial charge in [0.05, 0.1) is 12.7 Å². The summed E-state index contributed by atoms with van der Waals surface area (Å²) in [6, 6.07) is 3.98. The van der Waals surface area contributed by atoms with E-state index in [0.29, 0.717) is 30.1 Å². The number of ether oxygens (including phenoxy) is 1. The molecular formula is C18H25N5O3. The van der Waals surface area contributed by atoms with Crippen molar-refractivity contribution in [2.45, 2.75) is 38.8 Å². The third-order valence-electron chi connectivity index (χ3n) is 4.63. The van der Waals surface area contributed by atoms with Crippen LogP contribution in [0.3, 0.4) is 0 Å². The highest BCUT2D eigenvalue weighted by Gasteiger charge is 2.24. The zero-order valence-electron chi connectivity index (χ0n) is 15.3. The second kappa shape index (κ2) is 8.75. The summed E-state index contributed by atoms with van der Waals surface area (Å²) < 4.78 is 10.6. The Kier molecular flexibility index (Phi) is 6.17. The molecule has 1 amide bonds. The van der Waals surface area contributed by atoms with Gasteiger partial charge in [-0.1, -0.05) is 5.16 Å². The third kappa shape index (κ3) is 5.01. The molecule has 1 saturated heterocycles. The Morgan fingerprint density at radius 2 is 2.31 bits per heavy atom. The number of aryl methyl sites for hydroxylation is 1. The number of likely N-dealkylation sites (tertiary alicyclic amines) is 1. The zero-order chi connectivity index (χ0) is 18.4. The lowest BCUT2D eigenvalue weighted by molar-refractivity contribution is -0.133. The predicted molar refractivity (Wildman–Crippen MR) is 94.5 cm³/mol. The summed E-state index contributed by atoms with van der Waals surface area (Å²) in [5.74, 6) is 1.92. The summed E-state index contributed by atoms with van der Waals surface area (Å²) >= 11 is 0. The van der Waals surface area contributed by atoms with Crippen molar-refractivity contribution in [1.29, 1.82) is 0 Å². The quantitative estimate of drug-likeness (QED) is 0.775. The van der Waals surface area contributed by atoms with Gasteiger partial charge in [-0.15, -0.1) is 0 Å². The molecular weight excluding hydrogens is 334 g/mol. The number of carbonyl (C=O) groups excluding carboxylic acids is 1. The molecule has 1 aliphatic heterocycles. The number of aromatic nitrogens is 3. The van der Waals surface area contributed by atoms with Gasteiger partial charge in [0.1, 0.15) is 5.75 Å². The van der Waals surface area contributed by atoms with Crippen LogP contribution in [-0.4, -0.2) is 63.6 Å². The minimum absolute atomic E-state index is 0.0194.